The first kappa shape index (κ1) is 26.3. The normalized spacial score (nSPS) is 11.1. The Hall–Kier alpha value is -2.77. The van der Waals surface area contributed by atoms with E-state index in [4.69, 9.17) is 37.7 Å². The van der Waals surface area contributed by atoms with E-state index in [1.807, 2.05) is 66.7 Å². The zero-order chi connectivity index (χ0) is 25.5. The molecule has 0 aliphatic rings. The first-order valence-corrected chi connectivity index (χ1v) is 14.3. The molecule has 0 aliphatic carbocycles. The van der Waals surface area contributed by atoms with Crippen LogP contribution in [0.25, 0.3) is 22.5 Å². The molecule has 36 heavy (non-hydrogen) atoms. The van der Waals surface area contributed by atoms with Crippen molar-refractivity contribution in [1.29, 1.82) is 0 Å². The van der Waals surface area contributed by atoms with E-state index < -0.39 is 5.97 Å². The Kier molecular flexibility index (Phi) is 9.10. The molecule has 0 N–H and O–H groups in total. The highest BCUT2D eigenvalue weighted by molar-refractivity contribution is 7.95. The van der Waals surface area contributed by atoms with Gasteiger partial charge in [0.05, 0.1) is 30.5 Å². The Labute approximate surface area is 224 Å². The molecule has 0 saturated carbocycles. The maximum absolute atomic E-state index is 13.3. The molecule has 3 aromatic carbocycles. The van der Waals surface area contributed by atoms with Crippen LogP contribution in [-0.2, 0) is 33.7 Å². The molecule has 4 rings (SSSR count). The van der Waals surface area contributed by atoms with Gasteiger partial charge in [-0.3, -0.25) is 4.57 Å². The summed E-state index contributed by atoms with van der Waals surface area (Å²) in [4.78, 5) is 18.1. The highest BCUT2D eigenvalue weighted by Crippen LogP contribution is 2.34. The van der Waals surface area contributed by atoms with Gasteiger partial charge >= 0.3 is 5.97 Å². The third-order valence-corrected chi connectivity index (χ3v) is 6.94. The number of esters is 1. The van der Waals surface area contributed by atoms with Crippen LogP contribution in [0.3, 0.4) is 0 Å². The van der Waals surface area contributed by atoms with Crippen molar-refractivity contribution in [3.05, 3.63) is 100 Å². The number of imidazole rings is 1. The lowest BCUT2D eigenvalue weighted by atomic mass is 10.0. The maximum Gasteiger partial charge on any atom is 0.375 e. The molecule has 0 aliphatic heterocycles. The maximum atomic E-state index is 13.3. The molecule has 0 spiro atoms. The minimum absolute atomic E-state index is 0.147. The number of halogens is 2. The highest BCUT2D eigenvalue weighted by Gasteiger charge is 2.25. The summed E-state index contributed by atoms with van der Waals surface area (Å²) < 4.78 is 13.5. The van der Waals surface area contributed by atoms with Gasteiger partial charge in [0.15, 0.2) is 0 Å². The summed E-state index contributed by atoms with van der Waals surface area (Å²) in [5, 5.41) is 1.24. The molecule has 5 nitrogen and oxygen atoms in total. The van der Waals surface area contributed by atoms with Gasteiger partial charge in [-0.2, -0.15) is 0 Å². The zero-order valence-electron chi connectivity index (χ0n) is 20.1. The van der Waals surface area contributed by atoms with Gasteiger partial charge in [-0.1, -0.05) is 77.8 Å². The lowest BCUT2D eigenvalue weighted by Gasteiger charge is -2.13. The minimum atomic E-state index is -0.524. The second-order valence-corrected chi connectivity index (χ2v) is 11.6. The first-order chi connectivity index (χ1) is 17.4. The molecular weight excluding hydrogens is 515 g/mol. The number of ether oxygens (including phenoxy) is 2. The minimum Gasteiger partial charge on any atom is -0.455 e. The largest absolute Gasteiger partial charge is 0.455 e. The molecular formula is C28H27Cl2N2O3S+. The first-order valence-electron chi connectivity index (χ1n) is 11.4. The summed E-state index contributed by atoms with van der Waals surface area (Å²) in [7, 11) is 0.249. The number of carbonyl (C=O) groups excluding carboxylic acids is 1. The number of hydrogen-bond donors (Lipinski definition) is 0. The smallest absolute Gasteiger partial charge is 0.375 e. The third-order valence-electron chi connectivity index (χ3n) is 5.45. The van der Waals surface area contributed by atoms with E-state index in [0.717, 1.165) is 28.1 Å². The van der Waals surface area contributed by atoms with E-state index in [1.165, 1.54) is 0 Å². The summed E-state index contributed by atoms with van der Waals surface area (Å²) in [6.45, 7) is 0.878. The van der Waals surface area contributed by atoms with Crippen molar-refractivity contribution in [2.75, 3.05) is 24.9 Å². The average molecular weight is 543 g/mol. The molecule has 1 aromatic heterocycles. The van der Waals surface area contributed by atoms with Crippen LogP contribution in [0.15, 0.2) is 78.9 Å². The lowest BCUT2D eigenvalue weighted by Crippen LogP contribution is -2.17. The SMILES string of the molecule is C[S+](C)CCOCn1c(C(=O)OCc2ccccc2)nc(-c2ccc(Cl)cc2)c1-c1ccc(Cl)cc1. The molecule has 0 unspecified atom stereocenters. The van der Waals surface area contributed by atoms with Gasteiger partial charge in [-0.15, -0.1) is 0 Å². The topological polar surface area (TPSA) is 53.4 Å². The number of hydrogen-bond acceptors (Lipinski definition) is 4. The number of nitrogens with zero attached hydrogens (tertiary/aromatic N) is 2. The van der Waals surface area contributed by atoms with Crippen LogP contribution in [0, 0.1) is 0 Å². The summed E-state index contributed by atoms with van der Waals surface area (Å²) in [5.74, 6) is 0.583. The van der Waals surface area contributed by atoms with Gasteiger partial charge in [0.2, 0.25) is 5.82 Å². The van der Waals surface area contributed by atoms with Crippen LogP contribution in [0.5, 0.6) is 0 Å². The predicted octanol–water partition coefficient (Wildman–Crippen LogP) is 6.73. The highest BCUT2D eigenvalue weighted by atomic mass is 35.5. The van der Waals surface area contributed by atoms with Crippen molar-refractivity contribution in [3.8, 4) is 22.5 Å². The second-order valence-electron chi connectivity index (χ2n) is 8.36. The molecule has 0 radical (unpaired) electrons. The summed E-state index contributed by atoms with van der Waals surface area (Å²) in [5.41, 5.74) is 3.95. The van der Waals surface area contributed by atoms with E-state index in [0.29, 0.717) is 22.3 Å². The van der Waals surface area contributed by atoms with E-state index in [1.54, 1.807) is 16.7 Å². The number of aromatic nitrogens is 2. The van der Waals surface area contributed by atoms with Crippen LogP contribution in [-0.4, -0.2) is 40.4 Å². The van der Waals surface area contributed by atoms with Crippen LogP contribution in [0.1, 0.15) is 16.2 Å². The van der Waals surface area contributed by atoms with Crippen LogP contribution in [0.2, 0.25) is 10.0 Å². The van der Waals surface area contributed by atoms with Crippen molar-refractivity contribution in [3.63, 3.8) is 0 Å². The van der Waals surface area contributed by atoms with E-state index >= 15 is 0 Å². The summed E-state index contributed by atoms with van der Waals surface area (Å²) >= 11 is 12.3. The third kappa shape index (κ3) is 6.71. The Bertz CT molecular complexity index is 1290. The summed E-state index contributed by atoms with van der Waals surface area (Å²) in [6.07, 6.45) is 4.34. The molecule has 0 atom stereocenters. The monoisotopic (exact) mass is 541 g/mol. The molecule has 0 saturated heterocycles. The Morgan fingerprint density at radius 3 is 2.11 bits per heavy atom. The fourth-order valence-corrected chi connectivity index (χ4v) is 4.32. The lowest BCUT2D eigenvalue weighted by molar-refractivity contribution is 0.0418. The summed E-state index contributed by atoms with van der Waals surface area (Å²) in [6, 6.07) is 24.4. The van der Waals surface area contributed by atoms with Gasteiger partial charge in [0.1, 0.15) is 19.1 Å². The van der Waals surface area contributed by atoms with Crippen molar-refractivity contribution < 1.29 is 14.3 Å². The quantitative estimate of drug-likeness (QED) is 0.127. The predicted molar refractivity (Wildman–Crippen MR) is 149 cm³/mol. The second kappa shape index (κ2) is 12.5. The molecule has 4 aromatic rings. The van der Waals surface area contributed by atoms with Gasteiger partial charge in [-0.05, 0) is 40.7 Å². The average Bonchev–Trinajstić information content (AvgIpc) is 3.26. The van der Waals surface area contributed by atoms with Crippen molar-refractivity contribution in [2.45, 2.75) is 13.3 Å². The van der Waals surface area contributed by atoms with E-state index in [-0.39, 0.29) is 30.1 Å². The van der Waals surface area contributed by atoms with Gasteiger partial charge in [0.25, 0.3) is 0 Å². The Balaban J connectivity index is 1.77. The molecule has 1 heterocycles. The van der Waals surface area contributed by atoms with Crippen molar-refractivity contribution in [2.24, 2.45) is 0 Å². The van der Waals surface area contributed by atoms with Gasteiger partial charge < -0.3 is 9.47 Å². The van der Waals surface area contributed by atoms with Crippen LogP contribution in [0.4, 0.5) is 0 Å². The number of rotatable bonds is 10. The standard InChI is InChI=1S/C28H27Cl2N2O3S/c1-36(2)17-16-34-19-32-26(22-10-14-24(30)15-11-22)25(21-8-12-23(29)13-9-21)31-27(32)28(33)35-18-20-6-4-3-5-7-20/h3-15H,16-19H2,1-2H3/q+1. The fraction of sp³-hybridized carbons (Fsp3) is 0.214. The van der Waals surface area contributed by atoms with Crippen molar-refractivity contribution >= 4 is 40.1 Å². The molecule has 0 fully saturated rings. The molecule has 186 valence electrons. The Morgan fingerprint density at radius 2 is 1.50 bits per heavy atom. The molecule has 8 heteroatoms. The zero-order valence-corrected chi connectivity index (χ0v) is 22.4. The van der Waals surface area contributed by atoms with E-state index in [9.17, 15) is 4.79 Å². The number of carbonyl (C=O) groups is 1. The molecule has 0 amide bonds. The van der Waals surface area contributed by atoms with E-state index in [2.05, 4.69) is 12.5 Å². The van der Waals surface area contributed by atoms with Gasteiger partial charge in [-0.25, -0.2) is 9.78 Å². The van der Waals surface area contributed by atoms with Crippen LogP contribution < -0.4 is 0 Å². The number of benzene rings is 3. The fourth-order valence-electron chi connectivity index (χ4n) is 3.61. The molecule has 0 bridgehead atoms. The van der Waals surface area contributed by atoms with Gasteiger partial charge in [0, 0.05) is 21.2 Å². The van der Waals surface area contributed by atoms with Crippen LogP contribution >= 0.6 is 23.2 Å². The van der Waals surface area contributed by atoms with Crippen molar-refractivity contribution in [1.82, 2.24) is 9.55 Å². The Morgan fingerprint density at radius 1 is 0.889 bits per heavy atom.